The van der Waals surface area contributed by atoms with Gasteiger partial charge in [0.05, 0.1) is 25.0 Å². The Hall–Kier alpha value is -2.41. The molecule has 0 atom stereocenters. The van der Waals surface area contributed by atoms with E-state index in [0.717, 1.165) is 25.3 Å². The highest BCUT2D eigenvalue weighted by Gasteiger charge is 2.13. The normalized spacial score (nSPS) is 13.5. The van der Waals surface area contributed by atoms with Gasteiger partial charge in [-0.2, -0.15) is 5.10 Å². The highest BCUT2D eigenvalue weighted by Crippen LogP contribution is 2.20. The van der Waals surface area contributed by atoms with Crippen molar-refractivity contribution in [3.05, 3.63) is 35.8 Å². The zero-order valence-electron chi connectivity index (χ0n) is 12.5. The second kappa shape index (κ2) is 6.57. The van der Waals surface area contributed by atoms with E-state index < -0.39 is 0 Å². The number of methoxy groups -OCH3 is 1. The predicted octanol–water partition coefficient (Wildman–Crippen LogP) is 0.961. The maximum Gasteiger partial charge on any atom is 0.237 e. The van der Waals surface area contributed by atoms with Gasteiger partial charge in [-0.15, -0.1) is 0 Å². The van der Waals surface area contributed by atoms with Gasteiger partial charge in [-0.3, -0.25) is 9.48 Å². The van der Waals surface area contributed by atoms with Crippen LogP contribution in [0.2, 0.25) is 0 Å². The quantitative estimate of drug-likeness (QED) is 0.860. The minimum absolute atomic E-state index is 0.0737. The Labute approximate surface area is 128 Å². The van der Waals surface area contributed by atoms with Crippen molar-refractivity contribution in [2.45, 2.75) is 25.9 Å². The number of aromatic nitrogens is 3. The molecular weight excluding hydrogens is 282 g/mol. The molecule has 3 rings (SSSR count). The molecule has 0 aromatic carbocycles. The fraction of sp³-hybridized carbons (Fsp3) is 0.400. The average Bonchev–Trinajstić information content (AvgIpc) is 2.96. The van der Waals surface area contributed by atoms with Crippen LogP contribution in [-0.4, -0.2) is 34.3 Å². The van der Waals surface area contributed by atoms with Gasteiger partial charge in [-0.25, -0.2) is 4.98 Å². The number of anilines is 1. The van der Waals surface area contributed by atoms with Gasteiger partial charge in [-0.05, 0) is 18.2 Å². The smallest absolute Gasteiger partial charge is 0.237 e. The number of aryl methyl sites for hydroxylation is 1. The van der Waals surface area contributed by atoms with E-state index in [-0.39, 0.29) is 5.91 Å². The Balaban J connectivity index is 1.57. The highest BCUT2D eigenvalue weighted by molar-refractivity contribution is 5.91. The number of nitrogens with one attached hydrogen (secondary N) is 2. The van der Waals surface area contributed by atoms with Crippen LogP contribution >= 0.6 is 0 Å². The Morgan fingerprint density at radius 3 is 3.27 bits per heavy atom. The molecule has 0 radical (unpaired) electrons. The molecule has 2 aromatic rings. The van der Waals surface area contributed by atoms with Crippen LogP contribution in [0.15, 0.2) is 24.4 Å². The first kappa shape index (κ1) is 14.5. The summed E-state index contributed by atoms with van der Waals surface area (Å²) in [6.45, 7) is 2.66. The van der Waals surface area contributed by atoms with Crippen molar-refractivity contribution in [2.75, 3.05) is 19.0 Å². The number of ether oxygens (including phenoxy) is 1. The summed E-state index contributed by atoms with van der Waals surface area (Å²) >= 11 is 0. The highest BCUT2D eigenvalue weighted by atomic mass is 16.5. The fourth-order valence-corrected chi connectivity index (χ4v) is 2.48. The van der Waals surface area contributed by atoms with E-state index in [2.05, 4.69) is 26.8 Å². The third-order valence-corrected chi connectivity index (χ3v) is 3.57. The second-order valence-corrected chi connectivity index (χ2v) is 5.14. The molecular formula is C15H19N5O2. The molecule has 7 nitrogen and oxygen atoms in total. The predicted molar refractivity (Wildman–Crippen MR) is 81.7 cm³/mol. The van der Waals surface area contributed by atoms with Gasteiger partial charge in [0.15, 0.2) is 0 Å². The van der Waals surface area contributed by atoms with E-state index in [9.17, 15) is 4.79 Å². The van der Waals surface area contributed by atoms with Crippen LogP contribution in [0.5, 0.6) is 5.88 Å². The van der Waals surface area contributed by atoms with Gasteiger partial charge in [0.1, 0.15) is 5.69 Å². The maximum absolute atomic E-state index is 12.1. The molecule has 0 aliphatic carbocycles. The molecule has 1 amide bonds. The molecule has 0 unspecified atom stereocenters. The topological polar surface area (TPSA) is 81.1 Å². The van der Waals surface area contributed by atoms with Crippen molar-refractivity contribution < 1.29 is 9.53 Å². The average molecular weight is 301 g/mol. The molecule has 0 fully saturated rings. The van der Waals surface area contributed by atoms with Crippen LogP contribution in [0.3, 0.4) is 0 Å². The summed E-state index contributed by atoms with van der Waals surface area (Å²) in [5.74, 6) is 0.342. The third-order valence-electron chi connectivity index (χ3n) is 3.57. The summed E-state index contributed by atoms with van der Waals surface area (Å²) in [6.07, 6.45) is 2.62. The summed E-state index contributed by atoms with van der Waals surface area (Å²) in [4.78, 5) is 16.1. The molecule has 2 N–H and O–H groups in total. The lowest BCUT2D eigenvalue weighted by Crippen LogP contribution is -2.28. The lowest BCUT2D eigenvalue weighted by molar-refractivity contribution is -0.116. The number of hydrogen-bond acceptors (Lipinski definition) is 5. The zero-order chi connectivity index (χ0) is 15.4. The molecule has 1 aliphatic rings. The Bertz CT molecular complexity index is 644. The van der Waals surface area contributed by atoms with Crippen molar-refractivity contribution >= 4 is 11.6 Å². The summed E-state index contributed by atoms with van der Waals surface area (Å²) < 4.78 is 7.12. The van der Waals surface area contributed by atoms with Crippen molar-refractivity contribution in [1.29, 1.82) is 0 Å². The lowest BCUT2D eigenvalue weighted by atomic mass is 10.2. The third kappa shape index (κ3) is 3.25. The van der Waals surface area contributed by atoms with Gasteiger partial charge in [0.25, 0.3) is 0 Å². The summed E-state index contributed by atoms with van der Waals surface area (Å²) in [5.41, 5.74) is 2.71. The number of amides is 1. The molecule has 0 spiro atoms. The summed E-state index contributed by atoms with van der Waals surface area (Å²) in [7, 11) is 1.53. The zero-order valence-corrected chi connectivity index (χ0v) is 12.5. The SMILES string of the molecule is COc1ncccc1NC(=O)CCc1cc2n(n1)CCNC2. The molecule has 0 saturated carbocycles. The van der Waals surface area contributed by atoms with E-state index in [1.807, 2.05) is 4.68 Å². The molecule has 7 heteroatoms. The molecule has 2 aromatic heterocycles. The molecule has 0 saturated heterocycles. The first-order valence-electron chi connectivity index (χ1n) is 7.31. The van der Waals surface area contributed by atoms with Crippen LogP contribution in [0.25, 0.3) is 0 Å². The number of carbonyl (C=O) groups excluding carboxylic acids is 1. The molecule has 3 heterocycles. The van der Waals surface area contributed by atoms with Crippen molar-refractivity contribution in [3.8, 4) is 5.88 Å². The van der Waals surface area contributed by atoms with Gasteiger partial charge in [0, 0.05) is 32.1 Å². The number of fused-ring (bicyclic) bond motifs is 1. The number of rotatable bonds is 5. The summed E-state index contributed by atoms with van der Waals surface area (Å²) in [5, 5.41) is 10.6. The minimum Gasteiger partial charge on any atom is -0.480 e. The van der Waals surface area contributed by atoms with Gasteiger partial charge >= 0.3 is 0 Å². The van der Waals surface area contributed by atoms with Gasteiger partial charge in [0.2, 0.25) is 11.8 Å². The first-order chi connectivity index (χ1) is 10.8. The molecule has 116 valence electrons. The molecule has 22 heavy (non-hydrogen) atoms. The van der Waals surface area contributed by atoms with Gasteiger partial charge < -0.3 is 15.4 Å². The second-order valence-electron chi connectivity index (χ2n) is 5.14. The Kier molecular flexibility index (Phi) is 4.34. The standard InChI is InChI=1S/C15H19N5O2/c1-22-15-13(3-2-6-17-15)18-14(21)5-4-11-9-12-10-16-7-8-20(12)19-11/h2-3,6,9,16H,4-5,7-8,10H2,1H3,(H,18,21). The van der Waals surface area contributed by atoms with Crippen LogP contribution in [0.4, 0.5) is 5.69 Å². The maximum atomic E-state index is 12.1. The molecule has 1 aliphatic heterocycles. The lowest BCUT2D eigenvalue weighted by Gasteiger charge is -2.13. The minimum atomic E-state index is -0.0737. The molecule has 0 bridgehead atoms. The van der Waals surface area contributed by atoms with Gasteiger partial charge in [-0.1, -0.05) is 0 Å². The van der Waals surface area contributed by atoms with Crippen molar-refractivity contribution in [1.82, 2.24) is 20.1 Å². The first-order valence-corrected chi connectivity index (χ1v) is 7.31. The summed E-state index contributed by atoms with van der Waals surface area (Å²) in [6, 6.07) is 5.59. The number of carbonyl (C=O) groups is 1. The van der Waals surface area contributed by atoms with E-state index >= 15 is 0 Å². The van der Waals surface area contributed by atoms with E-state index in [1.165, 1.54) is 12.8 Å². The largest absolute Gasteiger partial charge is 0.480 e. The fourth-order valence-electron chi connectivity index (χ4n) is 2.48. The van der Waals surface area contributed by atoms with Crippen LogP contribution < -0.4 is 15.4 Å². The van der Waals surface area contributed by atoms with Crippen LogP contribution in [-0.2, 0) is 24.3 Å². The van der Waals surface area contributed by atoms with E-state index in [1.54, 1.807) is 18.3 Å². The van der Waals surface area contributed by atoms with Crippen LogP contribution in [0.1, 0.15) is 17.8 Å². The Morgan fingerprint density at radius 1 is 1.55 bits per heavy atom. The monoisotopic (exact) mass is 301 g/mol. The number of hydrogen-bond donors (Lipinski definition) is 2. The number of nitrogens with zero attached hydrogens (tertiary/aromatic N) is 3. The van der Waals surface area contributed by atoms with E-state index in [4.69, 9.17) is 4.74 Å². The van der Waals surface area contributed by atoms with E-state index in [0.29, 0.717) is 24.4 Å². The van der Waals surface area contributed by atoms with Crippen molar-refractivity contribution in [2.24, 2.45) is 0 Å². The van der Waals surface area contributed by atoms with Crippen LogP contribution in [0, 0.1) is 0 Å². The number of pyridine rings is 1. The Morgan fingerprint density at radius 2 is 2.45 bits per heavy atom. The van der Waals surface area contributed by atoms with Crippen molar-refractivity contribution in [3.63, 3.8) is 0 Å².